The minimum atomic E-state index is 0.0486. The molecule has 1 rings (SSSR count). The number of nitrogens with one attached hydrogen (secondary N) is 1. The Kier molecular flexibility index (Phi) is 6.01. The molecular formula is C13H19ClN2O. The minimum Gasteiger partial charge on any atom is -0.330 e. The first-order chi connectivity index (χ1) is 8.13. The predicted molar refractivity (Wildman–Crippen MR) is 72.3 cm³/mol. The molecule has 0 fully saturated rings. The van der Waals surface area contributed by atoms with Crippen molar-refractivity contribution in [3.05, 3.63) is 28.8 Å². The van der Waals surface area contributed by atoms with Crippen molar-refractivity contribution in [2.24, 2.45) is 5.73 Å². The van der Waals surface area contributed by atoms with Gasteiger partial charge in [-0.3, -0.25) is 4.79 Å². The summed E-state index contributed by atoms with van der Waals surface area (Å²) < 4.78 is 0. The molecule has 1 amide bonds. The van der Waals surface area contributed by atoms with Crippen molar-refractivity contribution >= 4 is 23.2 Å². The second-order valence-corrected chi connectivity index (χ2v) is 4.54. The van der Waals surface area contributed by atoms with Gasteiger partial charge in [-0.1, -0.05) is 18.0 Å². The Bertz CT molecular complexity index is 380. The fourth-order valence-corrected chi connectivity index (χ4v) is 1.81. The number of rotatable bonds is 6. The van der Waals surface area contributed by atoms with Crippen molar-refractivity contribution in [2.45, 2.75) is 32.6 Å². The molecule has 0 atom stereocenters. The van der Waals surface area contributed by atoms with Gasteiger partial charge in [0, 0.05) is 17.1 Å². The average molecular weight is 255 g/mol. The molecule has 0 aliphatic rings. The first-order valence-electron chi connectivity index (χ1n) is 5.89. The topological polar surface area (TPSA) is 55.1 Å². The maximum absolute atomic E-state index is 11.6. The van der Waals surface area contributed by atoms with Gasteiger partial charge in [-0.25, -0.2) is 0 Å². The largest absolute Gasteiger partial charge is 0.330 e. The summed E-state index contributed by atoms with van der Waals surface area (Å²) in [6.07, 6.45) is 3.41. The molecule has 0 aliphatic heterocycles. The molecule has 3 N–H and O–H groups in total. The number of unbranched alkanes of at least 4 members (excludes halogenated alkanes) is 2. The number of amides is 1. The zero-order valence-corrected chi connectivity index (χ0v) is 10.9. The third-order valence-electron chi connectivity index (χ3n) is 2.57. The van der Waals surface area contributed by atoms with Gasteiger partial charge in [0.05, 0.1) is 0 Å². The highest BCUT2D eigenvalue weighted by Gasteiger charge is 2.04. The van der Waals surface area contributed by atoms with Crippen LogP contribution in [0.1, 0.15) is 31.2 Å². The number of carbonyl (C=O) groups excluding carboxylic acids is 1. The van der Waals surface area contributed by atoms with Crippen LogP contribution in [0.3, 0.4) is 0 Å². The summed E-state index contributed by atoms with van der Waals surface area (Å²) >= 11 is 5.85. The van der Waals surface area contributed by atoms with E-state index in [0.29, 0.717) is 18.0 Å². The van der Waals surface area contributed by atoms with Gasteiger partial charge in [-0.05, 0) is 50.1 Å². The van der Waals surface area contributed by atoms with E-state index in [0.717, 1.165) is 30.5 Å². The van der Waals surface area contributed by atoms with E-state index >= 15 is 0 Å². The monoisotopic (exact) mass is 254 g/mol. The lowest BCUT2D eigenvalue weighted by atomic mass is 10.1. The number of hydrogen-bond acceptors (Lipinski definition) is 2. The maximum Gasteiger partial charge on any atom is 0.224 e. The molecule has 0 aliphatic carbocycles. The fourth-order valence-electron chi connectivity index (χ4n) is 1.59. The molecule has 0 saturated heterocycles. The number of benzene rings is 1. The normalized spacial score (nSPS) is 10.3. The molecule has 94 valence electrons. The molecule has 1 aromatic carbocycles. The highest BCUT2D eigenvalue weighted by atomic mass is 35.5. The SMILES string of the molecule is Cc1cc(Cl)ccc1NC(=O)CCCCCN. The van der Waals surface area contributed by atoms with Gasteiger partial charge < -0.3 is 11.1 Å². The summed E-state index contributed by atoms with van der Waals surface area (Å²) in [5, 5.41) is 3.57. The first kappa shape index (κ1) is 14.0. The van der Waals surface area contributed by atoms with Crippen LogP contribution >= 0.6 is 11.6 Å². The van der Waals surface area contributed by atoms with E-state index in [1.807, 2.05) is 19.1 Å². The number of carbonyl (C=O) groups is 1. The minimum absolute atomic E-state index is 0.0486. The van der Waals surface area contributed by atoms with Crippen LogP contribution in [0.2, 0.25) is 5.02 Å². The summed E-state index contributed by atoms with van der Waals surface area (Å²) in [7, 11) is 0. The molecule has 0 saturated carbocycles. The molecule has 0 spiro atoms. The summed E-state index contributed by atoms with van der Waals surface area (Å²) in [5.41, 5.74) is 7.20. The van der Waals surface area contributed by atoms with Crippen LogP contribution in [0.25, 0.3) is 0 Å². The summed E-state index contributed by atoms with van der Waals surface area (Å²) in [5.74, 6) is 0.0486. The molecule has 0 radical (unpaired) electrons. The number of aryl methyl sites for hydroxylation is 1. The van der Waals surface area contributed by atoms with Crippen LogP contribution in [0.4, 0.5) is 5.69 Å². The van der Waals surface area contributed by atoms with Crippen LogP contribution in [-0.2, 0) is 4.79 Å². The van der Waals surface area contributed by atoms with E-state index in [4.69, 9.17) is 17.3 Å². The second-order valence-electron chi connectivity index (χ2n) is 4.11. The van der Waals surface area contributed by atoms with Gasteiger partial charge in [-0.2, -0.15) is 0 Å². The summed E-state index contributed by atoms with van der Waals surface area (Å²) in [6, 6.07) is 5.44. The third kappa shape index (κ3) is 5.20. The lowest BCUT2D eigenvalue weighted by molar-refractivity contribution is -0.116. The van der Waals surface area contributed by atoms with E-state index in [2.05, 4.69) is 5.32 Å². The highest BCUT2D eigenvalue weighted by molar-refractivity contribution is 6.30. The smallest absolute Gasteiger partial charge is 0.224 e. The molecule has 3 nitrogen and oxygen atoms in total. The molecule has 1 aromatic rings. The highest BCUT2D eigenvalue weighted by Crippen LogP contribution is 2.19. The Hall–Kier alpha value is -1.06. The quantitative estimate of drug-likeness (QED) is 0.767. The van der Waals surface area contributed by atoms with Crippen molar-refractivity contribution in [3.8, 4) is 0 Å². The van der Waals surface area contributed by atoms with Gasteiger partial charge >= 0.3 is 0 Å². The van der Waals surface area contributed by atoms with Crippen molar-refractivity contribution in [1.82, 2.24) is 0 Å². The number of nitrogens with two attached hydrogens (primary N) is 1. The summed E-state index contributed by atoms with van der Waals surface area (Å²) in [6.45, 7) is 2.62. The van der Waals surface area contributed by atoms with E-state index in [1.54, 1.807) is 6.07 Å². The molecule has 0 unspecified atom stereocenters. The Morgan fingerprint density at radius 1 is 1.35 bits per heavy atom. The van der Waals surface area contributed by atoms with E-state index < -0.39 is 0 Å². The van der Waals surface area contributed by atoms with E-state index in [9.17, 15) is 4.79 Å². The fraction of sp³-hybridized carbons (Fsp3) is 0.462. The zero-order chi connectivity index (χ0) is 12.7. The van der Waals surface area contributed by atoms with Crippen molar-refractivity contribution in [1.29, 1.82) is 0 Å². The van der Waals surface area contributed by atoms with Gasteiger partial charge in [0.2, 0.25) is 5.91 Å². The molecule has 0 heterocycles. The van der Waals surface area contributed by atoms with Gasteiger partial charge in [-0.15, -0.1) is 0 Å². The van der Waals surface area contributed by atoms with Crippen LogP contribution in [0, 0.1) is 6.92 Å². The van der Waals surface area contributed by atoms with Crippen LogP contribution in [0.15, 0.2) is 18.2 Å². The Morgan fingerprint density at radius 3 is 2.76 bits per heavy atom. The van der Waals surface area contributed by atoms with Crippen LogP contribution < -0.4 is 11.1 Å². The average Bonchev–Trinajstić information content (AvgIpc) is 2.28. The lowest BCUT2D eigenvalue weighted by Crippen LogP contribution is -2.12. The second kappa shape index (κ2) is 7.30. The van der Waals surface area contributed by atoms with Crippen molar-refractivity contribution in [2.75, 3.05) is 11.9 Å². The maximum atomic E-state index is 11.6. The third-order valence-corrected chi connectivity index (χ3v) is 2.81. The van der Waals surface area contributed by atoms with E-state index in [-0.39, 0.29) is 5.91 Å². The van der Waals surface area contributed by atoms with Gasteiger partial charge in [0.15, 0.2) is 0 Å². The predicted octanol–water partition coefficient (Wildman–Crippen LogP) is 3.11. The molecule has 4 heteroatoms. The molecular weight excluding hydrogens is 236 g/mol. The molecule has 0 bridgehead atoms. The van der Waals surface area contributed by atoms with Crippen molar-refractivity contribution in [3.63, 3.8) is 0 Å². The Balaban J connectivity index is 2.40. The number of halogens is 1. The standard InChI is InChI=1S/C13H19ClN2O/c1-10-9-11(14)6-7-12(10)16-13(17)5-3-2-4-8-15/h6-7,9H,2-5,8,15H2,1H3,(H,16,17). The van der Waals surface area contributed by atoms with Crippen LogP contribution in [-0.4, -0.2) is 12.5 Å². The molecule has 17 heavy (non-hydrogen) atoms. The van der Waals surface area contributed by atoms with Gasteiger partial charge in [0.1, 0.15) is 0 Å². The Labute approximate surface area is 107 Å². The van der Waals surface area contributed by atoms with Gasteiger partial charge in [0.25, 0.3) is 0 Å². The first-order valence-corrected chi connectivity index (χ1v) is 6.27. The summed E-state index contributed by atoms with van der Waals surface area (Å²) in [4.78, 5) is 11.6. The Morgan fingerprint density at radius 2 is 2.12 bits per heavy atom. The molecule has 0 aromatic heterocycles. The lowest BCUT2D eigenvalue weighted by Gasteiger charge is -2.08. The van der Waals surface area contributed by atoms with E-state index in [1.165, 1.54) is 0 Å². The number of anilines is 1. The van der Waals surface area contributed by atoms with Crippen LogP contribution in [0.5, 0.6) is 0 Å². The zero-order valence-electron chi connectivity index (χ0n) is 10.1. The van der Waals surface area contributed by atoms with Crippen molar-refractivity contribution < 1.29 is 4.79 Å². The number of hydrogen-bond donors (Lipinski definition) is 2.